The SMILES string of the molecule is Cc1ccc(CNC(=O)c2cc(NS(=O)(=O)c3ccc(Cl)cc3)ccc2Cl)cc1. The fourth-order valence-corrected chi connectivity index (χ4v) is 3.95. The molecule has 0 spiro atoms. The maximum Gasteiger partial charge on any atom is 0.261 e. The topological polar surface area (TPSA) is 75.3 Å². The Kier molecular flexibility index (Phi) is 6.47. The molecule has 0 aliphatic rings. The highest BCUT2D eigenvalue weighted by Crippen LogP contribution is 2.23. The van der Waals surface area contributed by atoms with Crippen molar-refractivity contribution in [1.29, 1.82) is 0 Å². The number of rotatable bonds is 6. The lowest BCUT2D eigenvalue weighted by Crippen LogP contribution is -2.23. The van der Waals surface area contributed by atoms with Gasteiger partial charge in [-0.3, -0.25) is 9.52 Å². The van der Waals surface area contributed by atoms with Crippen molar-refractivity contribution in [3.63, 3.8) is 0 Å². The molecule has 0 radical (unpaired) electrons. The van der Waals surface area contributed by atoms with Gasteiger partial charge in [0.2, 0.25) is 0 Å². The molecule has 0 unspecified atom stereocenters. The highest BCUT2D eigenvalue weighted by molar-refractivity contribution is 7.92. The van der Waals surface area contributed by atoms with E-state index >= 15 is 0 Å². The average Bonchev–Trinajstić information content (AvgIpc) is 2.69. The summed E-state index contributed by atoms with van der Waals surface area (Å²) in [5, 5.41) is 3.44. The predicted molar refractivity (Wildman–Crippen MR) is 116 cm³/mol. The summed E-state index contributed by atoms with van der Waals surface area (Å²) in [5.41, 5.74) is 2.48. The van der Waals surface area contributed by atoms with Gasteiger partial charge in [0.05, 0.1) is 15.5 Å². The highest BCUT2D eigenvalue weighted by Gasteiger charge is 2.17. The summed E-state index contributed by atoms with van der Waals surface area (Å²) in [4.78, 5) is 12.6. The third kappa shape index (κ3) is 5.50. The Morgan fingerprint density at radius 2 is 1.59 bits per heavy atom. The van der Waals surface area contributed by atoms with Crippen molar-refractivity contribution in [2.45, 2.75) is 18.4 Å². The summed E-state index contributed by atoms with van der Waals surface area (Å²) in [5.74, 6) is -0.400. The van der Waals surface area contributed by atoms with Gasteiger partial charge >= 0.3 is 0 Å². The summed E-state index contributed by atoms with van der Waals surface area (Å²) >= 11 is 11.9. The second-order valence-corrected chi connectivity index (χ2v) is 8.95. The number of carbonyl (C=O) groups excluding carboxylic acids is 1. The lowest BCUT2D eigenvalue weighted by molar-refractivity contribution is 0.0951. The lowest BCUT2D eigenvalue weighted by Gasteiger charge is -2.11. The fraction of sp³-hybridized carbons (Fsp3) is 0.0952. The first kappa shape index (κ1) is 21.2. The number of hydrogen-bond donors (Lipinski definition) is 2. The molecule has 0 saturated carbocycles. The molecule has 0 heterocycles. The number of amides is 1. The molecule has 3 rings (SSSR count). The Hall–Kier alpha value is -2.54. The fourth-order valence-electron chi connectivity index (χ4n) is 2.57. The first-order chi connectivity index (χ1) is 13.7. The summed E-state index contributed by atoms with van der Waals surface area (Å²) in [6.07, 6.45) is 0. The number of hydrogen-bond acceptors (Lipinski definition) is 3. The zero-order valence-corrected chi connectivity index (χ0v) is 17.8. The Morgan fingerprint density at radius 1 is 0.931 bits per heavy atom. The van der Waals surface area contributed by atoms with Crippen molar-refractivity contribution < 1.29 is 13.2 Å². The number of carbonyl (C=O) groups is 1. The normalized spacial score (nSPS) is 11.1. The van der Waals surface area contributed by atoms with E-state index in [-0.39, 0.29) is 21.2 Å². The van der Waals surface area contributed by atoms with Gasteiger partial charge in [0.15, 0.2) is 0 Å². The van der Waals surface area contributed by atoms with Gasteiger partial charge in [-0.25, -0.2) is 8.42 Å². The lowest BCUT2D eigenvalue weighted by atomic mass is 10.1. The third-order valence-electron chi connectivity index (χ3n) is 4.16. The minimum absolute atomic E-state index is 0.0576. The predicted octanol–water partition coefficient (Wildman–Crippen LogP) is 5.03. The van der Waals surface area contributed by atoms with Crippen LogP contribution in [0.15, 0.2) is 71.6 Å². The zero-order valence-electron chi connectivity index (χ0n) is 15.4. The van der Waals surface area contributed by atoms with Crippen molar-refractivity contribution in [1.82, 2.24) is 5.32 Å². The monoisotopic (exact) mass is 448 g/mol. The molecule has 0 bridgehead atoms. The van der Waals surface area contributed by atoms with E-state index in [1.807, 2.05) is 31.2 Å². The Bertz CT molecular complexity index is 1130. The van der Waals surface area contributed by atoms with Crippen molar-refractivity contribution in [3.8, 4) is 0 Å². The zero-order chi connectivity index (χ0) is 21.0. The Labute approximate surface area is 179 Å². The van der Waals surface area contributed by atoms with E-state index in [4.69, 9.17) is 23.2 Å². The molecule has 0 saturated heterocycles. The number of anilines is 1. The van der Waals surface area contributed by atoms with Gasteiger partial charge in [0.25, 0.3) is 15.9 Å². The molecular formula is C21H18Cl2N2O3S. The standard InChI is InChI=1S/C21H18Cl2N2O3S/c1-14-2-4-15(5-3-14)13-24-21(26)19-12-17(8-11-20(19)23)25-29(27,28)18-9-6-16(22)7-10-18/h2-12,25H,13H2,1H3,(H,24,26). The summed E-state index contributed by atoms with van der Waals surface area (Å²) in [6.45, 7) is 2.31. The van der Waals surface area contributed by atoms with Crippen LogP contribution in [0.2, 0.25) is 10.0 Å². The maximum absolute atomic E-state index is 12.5. The average molecular weight is 449 g/mol. The Morgan fingerprint density at radius 3 is 2.24 bits per heavy atom. The largest absolute Gasteiger partial charge is 0.348 e. The van der Waals surface area contributed by atoms with E-state index in [0.29, 0.717) is 11.6 Å². The van der Waals surface area contributed by atoms with Gasteiger partial charge in [-0.2, -0.15) is 0 Å². The quantitative estimate of drug-likeness (QED) is 0.554. The number of sulfonamides is 1. The Balaban J connectivity index is 1.75. The maximum atomic E-state index is 12.5. The van der Waals surface area contributed by atoms with Crippen LogP contribution in [0, 0.1) is 6.92 Å². The highest BCUT2D eigenvalue weighted by atomic mass is 35.5. The minimum atomic E-state index is -3.83. The van der Waals surface area contributed by atoms with Gasteiger partial charge < -0.3 is 5.32 Å². The second kappa shape index (κ2) is 8.86. The minimum Gasteiger partial charge on any atom is -0.348 e. The van der Waals surface area contributed by atoms with Crippen LogP contribution in [-0.4, -0.2) is 14.3 Å². The van der Waals surface area contributed by atoms with Crippen LogP contribution in [0.3, 0.4) is 0 Å². The van der Waals surface area contributed by atoms with Crippen LogP contribution in [0.25, 0.3) is 0 Å². The van der Waals surface area contributed by atoms with E-state index in [1.165, 1.54) is 42.5 Å². The molecule has 29 heavy (non-hydrogen) atoms. The number of nitrogens with one attached hydrogen (secondary N) is 2. The molecule has 0 atom stereocenters. The van der Waals surface area contributed by atoms with E-state index in [0.717, 1.165) is 11.1 Å². The van der Waals surface area contributed by atoms with Gasteiger partial charge in [0, 0.05) is 17.3 Å². The van der Waals surface area contributed by atoms with Crippen LogP contribution in [0.5, 0.6) is 0 Å². The second-order valence-electron chi connectivity index (χ2n) is 6.42. The van der Waals surface area contributed by atoms with Gasteiger partial charge in [-0.05, 0) is 55.0 Å². The van der Waals surface area contributed by atoms with E-state index in [2.05, 4.69) is 10.0 Å². The summed E-state index contributed by atoms with van der Waals surface area (Å²) in [6, 6.07) is 17.9. The molecule has 2 N–H and O–H groups in total. The molecule has 3 aromatic carbocycles. The third-order valence-corrected chi connectivity index (χ3v) is 6.14. The van der Waals surface area contributed by atoms with Crippen LogP contribution in [-0.2, 0) is 16.6 Å². The number of benzene rings is 3. The molecular weight excluding hydrogens is 431 g/mol. The smallest absolute Gasteiger partial charge is 0.261 e. The number of halogens is 2. The molecule has 8 heteroatoms. The molecule has 5 nitrogen and oxygen atoms in total. The van der Waals surface area contributed by atoms with Crippen molar-refractivity contribution in [2.24, 2.45) is 0 Å². The van der Waals surface area contributed by atoms with Crippen LogP contribution in [0.1, 0.15) is 21.5 Å². The van der Waals surface area contributed by atoms with Gasteiger partial charge in [-0.15, -0.1) is 0 Å². The molecule has 3 aromatic rings. The molecule has 0 aliphatic carbocycles. The van der Waals surface area contributed by atoms with Gasteiger partial charge in [-0.1, -0.05) is 53.0 Å². The van der Waals surface area contributed by atoms with Crippen LogP contribution in [0.4, 0.5) is 5.69 Å². The number of aryl methyl sites for hydroxylation is 1. The molecule has 1 amide bonds. The van der Waals surface area contributed by atoms with Crippen LogP contribution < -0.4 is 10.0 Å². The van der Waals surface area contributed by atoms with Crippen molar-refractivity contribution in [2.75, 3.05) is 4.72 Å². The summed E-state index contributed by atoms with van der Waals surface area (Å²) < 4.78 is 27.5. The van der Waals surface area contributed by atoms with Gasteiger partial charge in [0.1, 0.15) is 0 Å². The summed E-state index contributed by atoms with van der Waals surface area (Å²) in [7, 11) is -3.83. The van der Waals surface area contributed by atoms with E-state index in [1.54, 1.807) is 0 Å². The van der Waals surface area contributed by atoms with E-state index < -0.39 is 15.9 Å². The molecule has 0 aliphatic heterocycles. The molecule has 0 fully saturated rings. The first-order valence-corrected chi connectivity index (χ1v) is 10.9. The van der Waals surface area contributed by atoms with Crippen molar-refractivity contribution in [3.05, 3.63) is 93.5 Å². The van der Waals surface area contributed by atoms with Crippen molar-refractivity contribution >= 4 is 44.8 Å². The molecule has 150 valence electrons. The molecule has 0 aromatic heterocycles. The first-order valence-electron chi connectivity index (χ1n) is 8.66. The van der Waals surface area contributed by atoms with Crippen LogP contribution >= 0.6 is 23.2 Å². The van der Waals surface area contributed by atoms with E-state index in [9.17, 15) is 13.2 Å².